The van der Waals surface area contributed by atoms with E-state index in [4.69, 9.17) is 25.4 Å². The van der Waals surface area contributed by atoms with Crippen molar-refractivity contribution in [3.8, 4) is 34.0 Å². The minimum absolute atomic E-state index is 0.161. The van der Waals surface area contributed by atoms with Crippen LogP contribution in [-0.4, -0.2) is 71.7 Å². The number of nitrogen functional groups attached to an aromatic ring is 1. The van der Waals surface area contributed by atoms with E-state index in [1.807, 2.05) is 38.1 Å². The second-order valence-electron chi connectivity index (χ2n) is 20.3. The molecule has 66 heavy (non-hydrogen) atoms. The highest BCUT2D eigenvalue weighted by atomic mass is 16.6. The van der Waals surface area contributed by atoms with Crippen molar-refractivity contribution >= 4 is 11.4 Å². The smallest absolute Gasteiger partial charge is 0.277 e. The summed E-state index contributed by atoms with van der Waals surface area (Å²) in [7, 11) is 0. The fourth-order valence-corrected chi connectivity index (χ4v) is 10.7. The van der Waals surface area contributed by atoms with Gasteiger partial charge in [0.05, 0.1) is 34.0 Å². The van der Waals surface area contributed by atoms with Gasteiger partial charge in [0.1, 0.15) is 22.7 Å². The monoisotopic (exact) mass is 891 g/mol. The highest BCUT2D eigenvalue weighted by Gasteiger charge is 2.39. The Morgan fingerprint density at radius 2 is 1.03 bits per heavy atom. The lowest BCUT2D eigenvalue weighted by molar-refractivity contribution is -0.386. The number of nitro benzene ring substituents is 1. The van der Waals surface area contributed by atoms with Gasteiger partial charge in [-0.15, -0.1) is 0 Å². The van der Waals surface area contributed by atoms with Crippen molar-refractivity contribution in [3.63, 3.8) is 0 Å². The average Bonchev–Trinajstić information content (AvgIpc) is 4.13. The van der Waals surface area contributed by atoms with Crippen LogP contribution in [0.1, 0.15) is 110 Å². The first-order chi connectivity index (χ1) is 31.6. The predicted octanol–water partition coefficient (Wildman–Crippen LogP) is 10.9. The van der Waals surface area contributed by atoms with Gasteiger partial charge in [-0.25, -0.2) is 0 Å². The van der Waals surface area contributed by atoms with Crippen molar-refractivity contribution in [2.75, 3.05) is 31.9 Å². The van der Waals surface area contributed by atoms with Crippen LogP contribution in [-0.2, 0) is 25.9 Å². The molecular formula is C54H66N8O4. The quantitative estimate of drug-likeness (QED) is 0.0856. The molecule has 4 aromatic carbocycles. The lowest BCUT2D eigenvalue weighted by Gasteiger charge is -2.33. The largest absolute Gasteiger partial charge is 0.487 e. The summed E-state index contributed by atoms with van der Waals surface area (Å²) in [5.41, 5.74) is 20.1. The summed E-state index contributed by atoms with van der Waals surface area (Å²) in [6.45, 7) is 21.8. The van der Waals surface area contributed by atoms with Crippen LogP contribution in [0.3, 0.4) is 0 Å². The molecule has 0 spiro atoms. The van der Waals surface area contributed by atoms with Gasteiger partial charge in [-0.1, -0.05) is 60.7 Å². The lowest BCUT2D eigenvalue weighted by Crippen LogP contribution is -2.35. The van der Waals surface area contributed by atoms with Crippen LogP contribution in [0, 0.1) is 37.8 Å². The number of aromatic nitrogens is 4. The second kappa shape index (κ2) is 18.0. The molecule has 2 N–H and O–H groups in total. The van der Waals surface area contributed by atoms with Crippen molar-refractivity contribution in [3.05, 3.63) is 140 Å². The lowest BCUT2D eigenvalue weighted by atomic mass is 9.91. The summed E-state index contributed by atoms with van der Waals surface area (Å²) in [6.07, 6.45) is 9.98. The Morgan fingerprint density at radius 1 is 0.621 bits per heavy atom. The molecule has 0 aliphatic carbocycles. The number of piperidine rings is 2. The molecule has 0 atom stereocenters. The molecule has 0 bridgehead atoms. The number of nitrogens with zero attached hydrogens (tertiary/aromatic N) is 7. The molecule has 4 aliphatic heterocycles. The first-order valence-corrected chi connectivity index (χ1v) is 23.8. The van der Waals surface area contributed by atoms with Gasteiger partial charge in [-0.05, 0) is 110 Å². The Hall–Kier alpha value is -5.98. The fraction of sp³-hybridized carbons (Fsp3) is 0.444. The second-order valence-corrected chi connectivity index (χ2v) is 20.3. The van der Waals surface area contributed by atoms with E-state index in [9.17, 15) is 10.1 Å². The molecule has 0 radical (unpaired) electrons. The summed E-state index contributed by atoms with van der Waals surface area (Å²) >= 11 is 0. The van der Waals surface area contributed by atoms with Gasteiger partial charge in [0.25, 0.3) is 5.69 Å². The van der Waals surface area contributed by atoms with Gasteiger partial charge in [0, 0.05) is 104 Å². The highest BCUT2D eigenvalue weighted by Crippen LogP contribution is 2.47. The number of nitrogens with two attached hydrogens (primary N) is 1. The van der Waals surface area contributed by atoms with Crippen LogP contribution < -0.4 is 15.2 Å². The molecule has 2 fully saturated rings. The van der Waals surface area contributed by atoms with E-state index in [-0.39, 0.29) is 21.8 Å². The number of ether oxygens (including phenoxy) is 2. The van der Waals surface area contributed by atoms with Crippen LogP contribution in [0.15, 0.2) is 85.2 Å². The van der Waals surface area contributed by atoms with Crippen molar-refractivity contribution in [2.24, 2.45) is 0 Å². The molecular weight excluding hydrogens is 825 g/mol. The summed E-state index contributed by atoms with van der Waals surface area (Å²) < 4.78 is 16.8. The number of rotatable bonds is 9. The van der Waals surface area contributed by atoms with Gasteiger partial charge in [0.15, 0.2) is 0 Å². The van der Waals surface area contributed by atoms with Gasteiger partial charge in [-0.2, -0.15) is 10.2 Å². The van der Waals surface area contributed by atoms with Gasteiger partial charge in [-0.3, -0.25) is 29.3 Å². The Morgan fingerprint density at radius 3 is 1.47 bits per heavy atom. The molecule has 12 nitrogen and oxygen atoms in total. The number of benzene rings is 4. The van der Waals surface area contributed by atoms with Crippen molar-refractivity contribution < 1.29 is 14.4 Å². The first-order valence-electron chi connectivity index (χ1n) is 23.8. The summed E-state index contributed by atoms with van der Waals surface area (Å²) in [5.74, 6) is 1.92. The Balaban J connectivity index is 0.000000166. The number of hydrogen-bond acceptors (Lipinski definition) is 9. The van der Waals surface area contributed by atoms with Gasteiger partial charge >= 0.3 is 0 Å². The Kier molecular flexibility index (Phi) is 12.3. The van der Waals surface area contributed by atoms with Crippen LogP contribution in [0.2, 0.25) is 0 Å². The third kappa shape index (κ3) is 9.09. The van der Waals surface area contributed by atoms with E-state index in [1.54, 1.807) is 0 Å². The number of hydrogen-bond donors (Lipinski definition) is 1. The molecule has 6 aromatic rings. The predicted molar refractivity (Wildman–Crippen MR) is 262 cm³/mol. The third-order valence-electron chi connectivity index (χ3n) is 14.6. The summed E-state index contributed by atoms with van der Waals surface area (Å²) in [6, 6.07) is 25.6. The third-order valence-corrected chi connectivity index (χ3v) is 14.6. The molecule has 12 heteroatoms. The fourth-order valence-electron chi connectivity index (χ4n) is 10.7. The van der Waals surface area contributed by atoms with E-state index in [2.05, 4.69) is 122 Å². The average molecular weight is 891 g/mol. The molecule has 0 saturated carbocycles. The normalized spacial score (nSPS) is 18.2. The standard InChI is InChI=1S/C27H32N4O3.C27H34N4O/c1-18-19(2)26-22(16-27(3,4)34-26)23(25(18)31(32)33)17-29-13-10-21(11-14-29)30-15-12-24(28-30)20-8-6-5-7-9-20;1-18-19(2)26-22(16-27(3,4)32-26)23(25(18)28)17-30-13-10-21(11-14-30)31-15-12-24(29-31)20-8-6-5-7-9-20/h5-9,12,15,21H,10-11,13-14,16-17H2,1-4H3;5-9,12,15,21H,10-11,13-14,16-17,28H2,1-4H3. The van der Waals surface area contributed by atoms with E-state index < -0.39 is 0 Å². The highest BCUT2D eigenvalue weighted by molar-refractivity contribution is 5.67. The number of fused-ring (bicyclic) bond motifs is 2. The van der Waals surface area contributed by atoms with Gasteiger partial charge < -0.3 is 15.2 Å². The van der Waals surface area contributed by atoms with E-state index in [0.29, 0.717) is 25.0 Å². The van der Waals surface area contributed by atoms with Crippen molar-refractivity contribution in [1.29, 1.82) is 0 Å². The topological polar surface area (TPSA) is 130 Å². The summed E-state index contributed by atoms with van der Waals surface area (Å²) in [4.78, 5) is 16.8. The molecule has 2 saturated heterocycles. The molecule has 2 aromatic heterocycles. The van der Waals surface area contributed by atoms with Gasteiger partial charge in [0.2, 0.25) is 0 Å². The molecule has 0 amide bonds. The van der Waals surface area contributed by atoms with Crippen LogP contribution in [0.4, 0.5) is 11.4 Å². The zero-order chi connectivity index (χ0) is 46.5. The number of anilines is 1. The van der Waals surface area contributed by atoms with Crippen molar-refractivity contribution in [1.82, 2.24) is 29.4 Å². The molecule has 10 rings (SSSR count). The minimum atomic E-state index is -0.340. The molecule has 346 valence electrons. The first kappa shape index (κ1) is 45.2. The maximum atomic E-state index is 12.1. The van der Waals surface area contributed by atoms with E-state index in [1.165, 1.54) is 22.3 Å². The Labute approximate surface area is 389 Å². The zero-order valence-electron chi connectivity index (χ0n) is 40.1. The molecule has 6 heterocycles. The van der Waals surface area contributed by atoms with Crippen LogP contribution in [0.25, 0.3) is 22.5 Å². The zero-order valence-corrected chi connectivity index (χ0v) is 40.1. The van der Waals surface area contributed by atoms with E-state index in [0.717, 1.165) is 127 Å². The summed E-state index contributed by atoms with van der Waals surface area (Å²) in [5, 5.41) is 21.8. The van der Waals surface area contributed by atoms with Crippen LogP contribution >= 0.6 is 0 Å². The van der Waals surface area contributed by atoms with Crippen LogP contribution in [0.5, 0.6) is 11.5 Å². The SMILES string of the molecule is Cc1c(C)c([N+](=O)[O-])c(CN2CCC(n3ccc(-c4ccccc4)n3)CC2)c2c1OC(C)(C)C2.Cc1c(C)c2c(c(CN3CCC(n4ccc(-c5ccccc5)n4)CC3)c1N)CC(C)(C)O2. The maximum absolute atomic E-state index is 12.1. The Bertz CT molecular complexity index is 2720. The maximum Gasteiger partial charge on any atom is 0.277 e. The molecule has 0 unspecified atom stereocenters. The number of likely N-dealkylation sites (tertiary alicyclic amines) is 2. The van der Waals surface area contributed by atoms with Crippen molar-refractivity contribution in [2.45, 2.75) is 130 Å². The number of nitro groups is 1. The molecule has 4 aliphatic rings. The minimum Gasteiger partial charge on any atom is -0.487 e. The van der Waals surface area contributed by atoms with E-state index >= 15 is 0 Å².